The molecule has 0 amide bonds. The highest BCUT2D eigenvalue weighted by Gasteiger charge is 2.22. The van der Waals surface area contributed by atoms with E-state index in [0.29, 0.717) is 6.54 Å². The van der Waals surface area contributed by atoms with Crippen LogP contribution in [0.1, 0.15) is 17.0 Å². The molecule has 0 aliphatic carbocycles. The standard InChI is InChI=1S/C10H9NO2/c12-10(13)9-6-11-5-7-3-1-2-4-8(7)9/h1-4,6,9H,5H2,(H,12,13). The van der Waals surface area contributed by atoms with Gasteiger partial charge in [0.1, 0.15) is 5.92 Å². The van der Waals surface area contributed by atoms with Crippen molar-refractivity contribution in [3.8, 4) is 0 Å². The number of aliphatic imine (C=N–C) groups is 1. The van der Waals surface area contributed by atoms with Gasteiger partial charge in [0.15, 0.2) is 0 Å². The third kappa shape index (κ3) is 1.33. The van der Waals surface area contributed by atoms with Crippen LogP contribution in [0.15, 0.2) is 29.3 Å². The minimum absolute atomic E-state index is 0.565. The Morgan fingerprint density at radius 2 is 2.23 bits per heavy atom. The summed E-state index contributed by atoms with van der Waals surface area (Å²) in [5.74, 6) is -1.40. The van der Waals surface area contributed by atoms with E-state index in [-0.39, 0.29) is 0 Å². The molecule has 0 saturated heterocycles. The Kier molecular flexibility index (Phi) is 1.85. The van der Waals surface area contributed by atoms with Crippen molar-refractivity contribution in [3.05, 3.63) is 35.4 Å². The van der Waals surface area contributed by atoms with Crippen LogP contribution >= 0.6 is 0 Å². The molecule has 1 N–H and O–H groups in total. The Hall–Kier alpha value is -1.64. The second-order valence-corrected chi connectivity index (χ2v) is 3.00. The monoisotopic (exact) mass is 175 g/mol. The molecule has 1 atom stereocenters. The first-order valence-electron chi connectivity index (χ1n) is 4.09. The minimum Gasteiger partial charge on any atom is -0.481 e. The van der Waals surface area contributed by atoms with Gasteiger partial charge in [0, 0.05) is 6.21 Å². The van der Waals surface area contributed by atoms with Gasteiger partial charge in [0.25, 0.3) is 0 Å². The molecule has 2 rings (SSSR count). The number of carboxylic acid groups (broad SMARTS) is 1. The summed E-state index contributed by atoms with van der Waals surface area (Å²) in [5.41, 5.74) is 1.88. The number of nitrogens with zero attached hydrogens (tertiary/aromatic N) is 1. The lowest BCUT2D eigenvalue weighted by molar-refractivity contribution is -0.137. The third-order valence-corrected chi connectivity index (χ3v) is 2.17. The Morgan fingerprint density at radius 3 is 3.00 bits per heavy atom. The molecule has 0 spiro atoms. The maximum Gasteiger partial charge on any atom is 0.316 e. The van der Waals surface area contributed by atoms with Gasteiger partial charge in [-0.1, -0.05) is 24.3 Å². The number of aliphatic carboxylic acids is 1. The zero-order valence-corrected chi connectivity index (χ0v) is 6.97. The average molecular weight is 175 g/mol. The van der Waals surface area contributed by atoms with Crippen molar-refractivity contribution in [3.63, 3.8) is 0 Å². The second-order valence-electron chi connectivity index (χ2n) is 3.00. The van der Waals surface area contributed by atoms with Gasteiger partial charge in [-0.25, -0.2) is 0 Å². The van der Waals surface area contributed by atoms with Crippen LogP contribution in [-0.2, 0) is 11.3 Å². The van der Waals surface area contributed by atoms with Gasteiger partial charge < -0.3 is 5.11 Å². The average Bonchev–Trinajstić information content (AvgIpc) is 2.17. The summed E-state index contributed by atoms with van der Waals surface area (Å²) in [6, 6.07) is 7.52. The summed E-state index contributed by atoms with van der Waals surface area (Å²) in [5, 5.41) is 8.89. The zero-order valence-electron chi connectivity index (χ0n) is 6.97. The molecule has 66 valence electrons. The Morgan fingerprint density at radius 1 is 1.46 bits per heavy atom. The topological polar surface area (TPSA) is 49.7 Å². The van der Waals surface area contributed by atoms with Gasteiger partial charge in [-0.05, 0) is 11.1 Å². The largest absolute Gasteiger partial charge is 0.481 e. The number of carbonyl (C=O) groups is 1. The van der Waals surface area contributed by atoms with Crippen molar-refractivity contribution in [2.24, 2.45) is 4.99 Å². The summed E-state index contributed by atoms with van der Waals surface area (Å²) >= 11 is 0. The maximum absolute atomic E-state index is 10.8. The summed E-state index contributed by atoms with van der Waals surface area (Å²) in [6.07, 6.45) is 1.50. The molecule has 1 aliphatic rings. The molecule has 3 nitrogen and oxygen atoms in total. The van der Waals surface area contributed by atoms with Gasteiger partial charge in [0.2, 0.25) is 0 Å². The van der Waals surface area contributed by atoms with Gasteiger partial charge in [-0.15, -0.1) is 0 Å². The first-order chi connectivity index (χ1) is 6.29. The van der Waals surface area contributed by atoms with E-state index in [9.17, 15) is 4.79 Å². The number of carboxylic acids is 1. The fourth-order valence-corrected chi connectivity index (χ4v) is 1.52. The van der Waals surface area contributed by atoms with Crippen LogP contribution in [0.4, 0.5) is 0 Å². The lowest BCUT2D eigenvalue weighted by Crippen LogP contribution is -2.17. The Bertz CT molecular complexity index is 371. The van der Waals surface area contributed by atoms with Crippen molar-refractivity contribution in [2.75, 3.05) is 0 Å². The molecule has 1 aromatic rings. The van der Waals surface area contributed by atoms with E-state index in [1.807, 2.05) is 24.3 Å². The summed E-state index contributed by atoms with van der Waals surface area (Å²) < 4.78 is 0. The Labute approximate surface area is 75.7 Å². The van der Waals surface area contributed by atoms with Gasteiger partial charge in [-0.2, -0.15) is 0 Å². The van der Waals surface area contributed by atoms with Crippen LogP contribution in [0.3, 0.4) is 0 Å². The highest BCUT2D eigenvalue weighted by Crippen LogP contribution is 2.23. The molecule has 1 aliphatic heterocycles. The molecule has 3 heteroatoms. The molecule has 0 aromatic heterocycles. The zero-order chi connectivity index (χ0) is 9.26. The smallest absolute Gasteiger partial charge is 0.316 e. The van der Waals surface area contributed by atoms with Gasteiger partial charge in [-0.3, -0.25) is 9.79 Å². The summed E-state index contributed by atoms with van der Waals surface area (Å²) in [7, 11) is 0. The SMILES string of the molecule is O=C(O)C1C=NCc2ccccc21. The fourth-order valence-electron chi connectivity index (χ4n) is 1.52. The molecule has 1 aromatic carbocycles. The number of benzene rings is 1. The van der Waals surface area contributed by atoms with Crippen LogP contribution in [0.2, 0.25) is 0 Å². The van der Waals surface area contributed by atoms with Crippen molar-refractivity contribution in [2.45, 2.75) is 12.5 Å². The molecule has 0 fully saturated rings. The molecule has 1 unspecified atom stereocenters. The van der Waals surface area contributed by atoms with E-state index in [4.69, 9.17) is 5.11 Å². The van der Waals surface area contributed by atoms with Crippen molar-refractivity contribution < 1.29 is 9.90 Å². The number of hydrogen-bond donors (Lipinski definition) is 1. The van der Waals surface area contributed by atoms with Crippen LogP contribution in [0, 0.1) is 0 Å². The number of rotatable bonds is 1. The highest BCUT2D eigenvalue weighted by molar-refractivity contribution is 5.96. The summed E-state index contributed by atoms with van der Waals surface area (Å²) in [6.45, 7) is 0.597. The van der Waals surface area contributed by atoms with Crippen molar-refractivity contribution in [1.29, 1.82) is 0 Å². The van der Waals surface area contributed by atoms with Crippen LogP contribution < -0.4 is 0 Å². The molecule has 0 radical (unpaired) electrons. The van der Waals surface area contributed by atoms with Crippen molar-refractivity contribution >= 4 is 12.2 Å². The first kappa shape index (κ1) is 7.98. The van der Waals surface area contributed by atoms with Crippen molar-refractivity contribution in [1.82, 2.24) is 0 Å². The normalized spacial score (nSPS) is 19.5. The minimum atomic E-state index is -0.837. The lowest BCUT2D eigenvalue weighted by Gasteiger charge is -2.15. The fraction of sp³-hybridized carbons (Fsp3) is 0.200. The lowest BCUT2D eigenvalue weighted by atomic mass is 9.93. The van der Waals surface area contributed by atoms with Gasteiger partial charge in [0.05, 0.1) is 6.54 Å². The molecule has 13 heavy (non-hydrogen) atoms. The van der Waals surface area contributed by atoms with E-state index >= 15 is 0 Å². The third-order valence-electron chi connectivity index (χ3n) is 2.17. The summed E-state index contributed by atoms with van der Waals surface area (Å²) in [4.78, 5) is 14.8. The maximum atomic E-state index is 10.8. The van der Waals surface area contributed by atoms with E-state index in [1.54, 1.807) is 0 Å². The van der Waals surface area contributed by atoms with E-state index in [0.717, 1.165) is 11.1 Å². The predicted octanol–water partition coefficient (Wildman–Crippen LogP) is 1.44. The predicted molar refractivity (Wildman–Crippen MR) is 49.0 cm³/mol. The van der Waals surface area contributed by atoms with Crippen LogP contribution in [0.5, 0.6) is 0 Å². The molecule has 0 saturated carbocycles. The molecular weight excluding hydrogens is 166 g/mol. The molecule has 1 heterocycles. The van der Waals surface area contributed by atoms with E-state index in [1.165, 1.54) is 6.21 Å². The van der Waals surface area contributed by atoms with Gasteiger partial charge >= 0.3 is 5.97 Å². The van der Waals surface area contributed by atoms with Crippen LogP contribution in [-0.4, -0.2) is 17.3 Å². The second kappa shape index (κ2) is 3.01. The number of hydrogen-bond acceptors (Lipinski definition) is 2. The van der Waals surface area contributed by atoms with E-state index in [2.05, 4.69) is 4.99 Å². The molecular formula is C10H9NO2. The number of fused-ring (bicyclic) bond motifs is 1. The highest BCUT2D eigenvalue weighted by atomic mass is 16.4. The molecule has 0 bridgehead atoms. The quantitative estimate of drug-likeness (QED) is 0.702. The van der Waals surface area contributed by atoms with E-state index < -0.39 is 11.9 Å². The Balaban J connectivity index is 2.48. The van der Waals surface area contributed by atoms with Crippen LogP contribution in [0.25, 0.3) is 0 Å². The first-order valence-corrected chi connectivity index (χ1v) is 4.09.